The summed E-state index contributed by atoms with van der Waals surface area (Å²) in [6, 6.07) is 0.339. The van der Waals surface area contributed by atoms with Gasteiger partial charge in [0.15, 0.2) is 0 Å². The zero-order valence-electron chi connectivity index (χ0n) is 9.83. The summed E-state index contributed by atoms with van der Waals surface area (Å²) in [4.78, 5) is 13.9. The maximum atomic E-state index is 11.9. The molecule has 0 radical (unpaired) electrons. The third-order valence-electron chi connectivity index (χ3n) is 3.06. The molecule has 2 heterocycles. The van der Waals surface area contributed by atoms with Crippen molar-refractivity contribution in [1.82, 2.24) is 19.7 Å². The van der Waals surface area contributed by atoms with Crippen molar-refractivity contribution in [3.8, 4) is 0 Å². The molecule has 1 aromatic heterocycles. The van der Waals surface area contributed by atoms with Crippen molar-refractivity contribution < 1.29 is 4.79 Å². The van der Waals surface area contributed by atoms with E-state index in [9.17, 15) is 4.79 Å². The number of hydrogen-bond acceptors (Lipinski definition) is 3. The highest BCUT2D eigenvalue weighted by Gasteiger charge is 2.25. The van der Waals surface area contributed by atoms with Crippen molar-refractivity contribution in [1.29, 1.82) is 0 Å². The lowest BCUT2D eigenvalue weighted by Crippen LogP contribution is -2.42. The average molecular weight is 222 g/mol. The highest BCUT2D eigenvalue weighted by molar-refractivity contribution is 5.78. The normalized spacial score (nSPS) is 21.4. The van der Waals surface area contributed by atoms with Crippen LogP contribution in [-0.2, 0) is 4.79 Å². The maximum Gasteiger partial charge on any atom is 0.225 e. The molecule has 1 aliphatic heterocycles. The van der Waals surface area contributed by atoms with Gasteiger partial charge in [0, 0.05) is 19.0 Å². The summed E-state index contributed by atoms with van der Waals surface area (Å²) >= 11 is 0. The highest BCUT2D eigenvalue weighted by Crippen LogP contribution is 2.21. The van der Waals surface area contributed by atoms with Crippen molar-refractivity contribution in [2.24, 2.45) is 5.92 Å². The van der Waals surface area contributed by atoms with Crippen LogP contribution >= 0.6 is 0 Å². The molecule has 88 valence electrons. The fraction of sp³-hybridized carbons (Fsp3) is 0.727. The minimum absolute atomic E-state index is 0.0830. The number of nitrogens with zero attached hydrogens (tertiary/aromatic N) is 4. The van der Waals surface area contributed by atoms with Crippen molar-refractivity contribution in [2.75, 3.05) is 13.1 Å². The zero-order valence-corrected chi connectivity index (χ0v) is 9.83. The van der Waals surface area contributed by atoms with Crippen LogP contribution in [0.25, 0.3) is 0 Å². The molecule has 1 saturated heterocycles. The van der Waals surface area contributed by atoms with Gasteiger partial charge in [-0.3, -0.25) is 4.79 Å². The first-order chi connectivity index (χ1) is 7.68. The Hall–Kier alpha value is -1.39. The summed E-state index contributed by atoms with van der Waals surface area (Å²) < 4.78 is 2.00. The SMILES string of the molecule is CC(C)C(=O)N1CCC[C@H](n2cnnc2)C1. The van der Waals surface area contributed by atoms with E-state index >= 15 is 0 Å². The number of carbonyl (C=O) groups excluding carboxylic acids is 1. The van der Waals surface area contributed by atoms with E-state index in [4.69, 9.17) is 0 Å². The second-order valence-electron chi connectivity index (χ2n) is 4.64. The molecular formula is C11H18N4O. The number of hydrogen-bond donors (Lipinski definition) is 0. The van der Waals surface area contributed by atoms with Gasteiger partial charge in [0.2, 0.25) is 5.91 Å². The van der Waals surface area contributed by atoms with E-state index in [0.29, 0.717) is 6.04 Å². The molecule has 5 nitrogen and oxygen atoms in total. The van der Waals surface area contributed by atoms with Crippen LogP contribution in [0, 0.1) is 5.92 Å². The van der Waals surface area contributed by atoms with E-state index in [1.54, 1.807) is 12.7 Å². The Kier molecular flexibility index (Phi) is 3.22. The zero-order chi connectivity index (χ0) is 11.5. The van der Waals surface area contributed by atoms with Gasteiger partial charge in [-0.1, -0.05) is 13.8 Å². The monoisotopic (exact) mass is 222 g/mol. The van der Waals surface area contributed by atoms with Crippen LogP contribution in [0.5, 0.6) is 0 Å². The summed E-state index contributed by atoms with van der Waals surface area (Å²) in [6.07, 6.45) is 5.61. The van der Waals surface area contributed by atoms with Crippen molar-refractivity contribution in [2.45, 2.75) is 32.7 Å². The van der Waals surface area contributed by atoms with Crippen LogP contribution in [0.4, 0.5) is 0 Å². The maximum absolute atomic E-state index is 11.9. The van der Waals surface area contributed by atoms with Gasteiger partial charge in [0.1, 0.15) is 12.7 Å². The van der Waals surface area contributed by atoms with Gasteiger partial charge in [-0.25, -0.2) is 0 Å². The lowest BCUT2D eigenvalue weighted by molar-refractivity contribution is -0.136. The number of carbonyl (C=O) groups is 1. The number of piperidine rings is 1. The molecule has 1 amide bonds. The smallest absolute Gasteiger partial charge is 0.225 e. The van der Waals surface area contributed by atoms with Crippen LogP contribution in [0.3, 0.4) is 0 Å². The molecule has 0 bridgehead atoms. The molecule has 1 atom stereocenters. The second-order valence-corrected chi connectivity index (χ2v) is 4.64. The molecule has 2 rings (SSSR count). The molecular weight excluding hydrogens is 204 g/mol. The Balaban J connectivity index is 2.02. The second kappa shape index (κ2) is 4.63. The van der Waals surface area contributed by atoms with Crippen LogP contribution < -0.4 is 0 Å². The van der Waals surface area contributed by atoms with Gasteiger partial charge < -0.3 is 9.47 Å². The van der Waals surface area contributed by atoms with E-state index in [1.807, 2.05) is 23.3 Å². The molecule has 5 heteroatoms. The molecule has 1 fully saturated rings. The van der Waals surface area contributed by atoms with Gasteiger partial charge in [0.05, 0.1) is 6.04 Å². The molecule has 1 aliphatic rings. The molecule has 0 spiro atoms. The standard InChI is InChI=1S/C11H18N4O/c1-9(2)11(16)14-5-3-4-10(6-14)15-7-12-13-8-15/h7-10H,3-6H2,1-2H3/t10-/m0/s1. The molecule has 0 N–H and O–H groups in total. The highest BCUT2D eigenvalue weighted by atomic mass is 16.2. The molecule has 0 aromatic carbocycles. The minimum Gasteiger partial charge on any atom is -0.340 e. The fourth-order valence-corrected chi connectivity index (χ4v) is 2.16. The first-order valence-electron chi connectivity index (χ1n) is 5.81. The van der Waals surface area contributed by atoms with Gasteiger partial charge in [0.25, 0.3) is 0 Å². The third kappa shape index (κ3) is 2.23. The van der Waals surface area contributed by atoms with Gasteiger partial charge >= 0.3 is 0 Å². The number of likely N-dealkylation sites (tertiary alicyclic amines) is 1. The van der Waals surface area contributed by atoms with E-state index in [-0.39, 0.29) is 11.8 Å². The van der Waals surface area contributed by atoms with Gasteiger partial charge in [-0.2, -0.15) is 0 Å². The van der Waals surface area contributed by atoms with Crippen LogP contribution in [0.1, 0.15) is 32.7 Å². The number of amides is 1. The van der Waals surface area contributed by atoms with Crippen molar-refractivity contribution in [3.05, 3.63) is 12.7 Å². The lowest BCUT2D eigenvalue weighted by atomic mass is 10.0. The third-order valence-corrected chi connectivity index (χ3v) is 3.06. The lowest BCUT2D eigenvalue weighted by Gasteiger charge is -2.34. The van der Waals surface area contributed by atoms with Crippen molar-refractivity contribution in [3.63, 3.8) is 0 Å². The summed E-state index contributed by atoms with van der Waals surface area (Å²) in [5.41, 5.74) is 0. The Bertz CT molecular complexity index is 347. The quantitative estimate of drug-likeness (QED) is 0.753. The largest absolute Gasteiger partial charge is 0.340 e. The predicted molar refractivity (Wildman–Crippen MR) is 59.7 cm³/mol. The Morgan fingerprint density at radius 3 is 2.69 bits per heavy atom. The molecule has 0 saturated carbocycles. The van der Waals surface area contributed by atoms with E-state index in [1.165, 1.54) is 0 Å². The number of aromatic nitrogens is 3. The van der Waals surface area contributed by atoms with Gasteiger partial charge in [-0.15, -0.1) is 10.2 Å². The summed E-state index contributed by atoms with van der Waals surface area (Å²) in [5.74, 6) is 0.331. The Morgan fingerprint density at radius 1 is 1.38 bits per heavy atom. The van der Waals surface area contributed by atoms with E-state index in [0.717, 1.165) is 25.9 Å². The minimum atomic E-state index is 0.0830. The molecule has 16 heavy (non-hydrogen) atoms. The Morgan fingerprint density at radius 2 is 2.06 bits per heavy atom. The van der Waals surface area contributed by atoms with Crippen molar-refractivity contribution >= 4 is 5.91 Å². The number of rotatable bonds is 2. The first-order valence-corrected chi connectivity index (χ1v) is 5.81. The fourth-order valence-electron chi connectivity index (χ4n) is 2.16. The van der Waals surface area contributed by atoms with E-state index < -0.39 is 0 Å². The first kappa shape index (κ1) is 11.1. The average Bonchev–Trinajstić information content (AvgIpc) is 2.81. The van der Waals surface area contributed by atoms with E-state index in [2.05, 4.69) is 10.2 Å². The van der Waals surface area contributed by atoms with Crippen LogP contribution in [0.2, 0.25) is 0 Å². The Labute approximate surface area is 95.5 Å². The van der Waals surface area contributed by atoms with Gasteiger partial charge in [-0.05, 0) is 12.8 Å². The summed E-state index contributed by atoms with van der Waals surface area (Å²) in [6.45, 7) is 5.57. The van der Waals surface area contributed by atoms with Crippen LogP contribution in [0.15, 0.2) is 12.7 Å². The summed E-state index contributed by atoms with van der Waals surface area (Å²) in [5, 5.41) is 7.62. The molecule has 0 aliphatic carbocycles. The molecule has 0 unspecified atom stereocenters. The van der Waals surface area contributed by atoms with Crippen LogP contribution in [-0.4, -0.2) is 38.7 Å². The summed E-state index contributed by atoms with van der Waals surface area (Å²) in [7, 11) is 0. The topological polar surface area (TPSA) is 51.0 Å². The predicted octanol–water partition coefficient (Wildman–Crippen LogP) is 1.10. The molecule has 1 aromatic rings.